The molecule has 0 bridgehead atoms. The highest BCUT2D eigenvalue weighted by molar-refractivity contribution is 7.22. The Balaban J connectivity index is 1.50. The molecule has 0 saturated carbocycles. The highest BCUT2D eigenvalue weighted by Gasteiger charge is 2.19. The predicted octanol–water partition coefficient (Wildman–Crippen LogP) is 6.22. The zero-order chi connectivity index (χ0) is 21.4. The van der Waals surface area contributed by atoms with Gasteiger partial charge in [-0.05, 0) is 41.3 Å². The van der Waals surface area contributed by atoms with E-state index in [1.54, 1.807) is 7.11 Å². The first-order valence-electron chi connectivity index (χ1n) is 10.1. The number of benzene rings is 3. The van der Waals surface area contributed by atoms with Gasteiger partial charge in [0.25, 0.3) is 5.52 Å². The molecule has 5 rings (SSSR count). The molecule has 0 aliphatic rings. The van der Waals surface area contributed by atoms with Gasteiger partial charge in [0.05, 0.1) is 7.11 Å². The maximum Gasteiger partial charge on any atom is 0.379 e. The number of nitrogens with zero attached hydrogens (tertiary/aromatic N) is 2. The topological polar surface area (TPSA) is 29.5 Å². The number of para-hydroxylation sites is 2. The summed E-state index contributed by atoms with van der Waals surface area (Å²) in [4.78, 5) is 3.28. The van der Waals surface area contributed by atoms with E-state index in [1.165, 1.54) is 20.5 Å². The van der Waals surface area contributed by atoms with Crippen molar-refractivity contribution in [3.63, 3.8) is 0 Å². The van der Waals surface area contributed by atoms with Gasteiger partial charge < -0.3 is 14.1 Å². The number of methoxy groups -OCH3 is 1. The second kappa shape index (κ2) is 7.93. The van der Waals surface area contributed by atoms with Crippen molar-refractivity contribution in [2.45, 2.75) is 0 Å². The first-order chi connectivity index (χ1) is 15.1. The first-order valence-corrected chi connectivity index (χ1v) is 10.9. The van der Waals surface area contributed by atoms with Crippen molar-refractivity contribution < 1.29 is 13.7 Å². The number of aryl methyl sites for hydroxylation is 1. The van der Waals surface area contributed by atoms with E-state index < -0.39 is 0 Å². The summed E-state index contributed by atoms with van der Waals surface area (Å²) in [6.45, 7) is 0. The molecule has 0 atom stereocenters. The molecule has 31 heavy (non-hydrogen) atoms. The molecule has 0 amide bonds. The second-order valence-corrected chi connectivity index (χ2v) is 8.50. The van der Waals surface area contributed by atoms with Crippen molar-refractivity contribution in [2.24, 2.45) is 7.05 Å². The molecule has 0 aliphatic heterocycles. The largest absolute Gasteiger partial charge is 0.482 e. The summed E-state index contributed by atoms with van der Waals surface area (Å²) < 4.78 is 15.1. The fourth-order valence-corrected chi connectivity index (χ4v) is 4.82. The molecule has 0 spiro atoms. The van der Waals surface area contributed by atoms with Gasteiger partial charge in [0.15, 0.2) is 0 Å². The Hall–Kier alpha value is -3.57. The van der Waals surface area contributed by atoms with E-state index in [1.807, 2.05) is 65.2 Å². The summed E-state index contributed by atoms with van der Waals surface area (Å²) >= 11 is 1.81. The fraction of sp³-hybridized carbons (Fsp3) is 0.115. The average molecular weight is 428 g/mol. The van der Waals surface area contributed by atoms with Crippen molar-refractivity contribution in [3.05, 3.63) is 90.6 Å². The molecule has 0 aliphatic carbocycles. The normalized spacial score (nSPS) is 11.9. The molecular formula is C26H23N2O2S+. The Labute approximate surface area is 185 Å². The highest BCUT2D eigenvalue weighted by Crippen LogP contribution is 2.35. The molecule has 0 unspecified atom stereocenters. The number of anilines is 1. The van der Waals surface area contributed by atoms with E-state index in [-0.39, 0.29) is 0 Å². The van der Waals surface area contributed by atoms with Gasteiger partial charge in [-0.3, -0.25) is 0 Å². The van der Waals surface area contributed by atoms with E-state index >= 15 is 0 Å². The van der Waals surface area contributed by atoms with Crippen LogP contribution in [0.15, 0.2) is 89.2 Å². The van der Waals surface area contributed by atoms with Gasteiger partial charge in [-0.1, -0.05) is 42.5 Å². The van der Waals surface area contributed by atoms with E-state index in [4.69, 9.17) is 9.15 Å². The Morgan fingerprint density at radius 2 is 1.81 bits per heavy atom. The summed E-state index contributed by atoms with van der Waals surface area (Å²) in [5.41, 5.74) is 4.12. The van der Waals surface area contributed by atoms with Crippen molar-refractivity contribution in [3.8, 4) is 10.4 Å². The van der Waals surface area contributed by atoms with Crippen LogP contribution in [0.3, 0.4) is 0 Å². The maximum absolute atomic E-state index is 6.03. The van der Waals surface area contributed by atoms with Crippen LogP contribution in [-0.2, 0) is 11.8 Å². The van der Waals surface area contributed by atoms with Crippen LogP contribution in [0.1, 0.15) is 5.89 Å². The number of hydrogen-bond acceptors (Lipinski definition) is 4. The number of ether oxygens (including phenoxy) is 1. The summed E-state index contributed by atoms with van der Waals surface area (Å²) in [6, 6.07) is 27.2. The van der Waals surface area contributed by atoms with Crippen molar-refractivity contribution in [1.29, 1.82) is 0 Å². The van der Waals surface area contributed by atoms with E-state index in [2.05, 4.69) is 54.6 Å². The standard InChI is InChI=1S/C26H23N2O2S/c1-27(25(29-3)17-26-28(2)21-12-5-6-13-22(21)30-26)20-11-8-10-18(15-20)24-16-19-9-4-7-14-23(19)31-24/h4-17H,1-3H3/q+1. The van der Waals surface area contributed by atoms with Crippen molar-refractivity contribution in [2.75, 3.05) is 19.1 Å². The third-order valence-corrected chi connectivity index (χ3v) is 6.67. The second-order valence-electron chi connectivity index (χ2n) is 7.41. The molecule has 0 radical (unpaired) electrons. The van der Waals surface area contributed by atoms with E-state index in [0.29, 0.717) is 5.88 Å². The molecule has 4 nitrogen and oxygen atoms in total. The smallest absolute Gasteiger partial charge is 0.379 e. The van der Waals surface area contributed by atoms with Crippen molar-refractivity contribution in [1.82, 2.24) is 0 Å². The molecule has 0 N–H and O–H groups in total. The minimum Gasteiger partial charge on any atom is -0.482 e. The quantitative estimate of drug-likeness (QED) is 0.246. The van der Waals surface area contributed by atoms with Crippen LogP contribution in [0.5, 0.6) is 0 Å². The van der Waals surface area contributed by atoms with Gasteiger partial charge in [-0.25, -0.2) is 0 Å². The zero-order valence-electron chi connectivity index (χ0n) is 17.7. The van der Waals surface area contributed by atoms with Gasteiger partial charge in [0, 0.05) is 28.4 Å². The average Bonchev–Trinajstić information content (AvgIpc) is 3.38. The van der Waals surface area contributed by atoms with Crippen LogP contribution in [0.2, 0.25) is 0 Å². The van der Waals surface area contributed by atoms with Crippen LogP contribution < -0.4 is 9.47 Å². The van der Waals surface area contributed by atoms with Gasteiger partial charge in [-0.2, -0.15) is 4.57 Å². The number of oxazole rings is 1. The van der Waals surface area contributed by atoms with Crippen LogP contribution in [0.4, 0.5) is 5.69 Å². The lowest BCUT2D eigenvalue weighted by molar-refractivity contribution is -0.652. The molecule has 0 fully saturated rings. The highest BCUT2D eigenvalue weighted by atomic mass is 32.1. The van der Waals surface area contributed by atoms with Gasteiger partial charge in [-0.15, -0.1) is 11.3 Å². The number of thiophene rings is 1. The molecule has 5 aromatic rings. The fourth-order valence-electron chi connectivity index (χ4n) is 3.76. The molecule has 5 heteroatoms. The Morgan fingerprint density at radius 1 is 1.00 bits per heavy atom. The van der Waals surface area contributed by atoms with Gasteiger partial charge >= 0.3 is 5.89 Å². The van der Waals surface area contributed by atoms with Crippen LogP contribution in [0, 0.1) is 0 Å². The number of hydrogen-bond donors (Lipinski definition) is 0. The van der Waals surface area contributed by atoms with Crippen LogP contribution in [0.25, 0.3) is 37.7 Å². The number of fused-ring (bicyclic) bond motifs is 2. The lowest BCUT2D eigenvalue weighted by Crippen LogP contribution is -2.30. The minimum absolute atomic E-state index is 0.697. The summed E-state index contributed by atoms with van der Waals surface area (Å²) in [6.07, 6.45) is 1.92. The summed E-state index contributed by atoms with van der Waals surface area (Å²) in [5.74, 6) is 1.42. The third kappa shape index (κ3) is 3.57. The van der Waals surface area contributed by atoms with E-state index in [0.717, 1.165) is 22.7 Å². The first kappa shape index (κ1) is 19.4. The van der Waals surface area contributed by atoms with Crippen LogP contribution >= 0.6 is 11.3 Å². The molecule has 154 valence electrons. The Kier molecular flexibility index (Phi) is 4.96. The third-order valence-electron chi connectivity index (χ3n) is 5.50. The molecule has 0 saturated heterocycles. The Morgan fingerprint density at radius 3 is 2.61 bits per heavy atom. The predicted molar refractivity (Wildman–Crippen MR) is 128 cm³/mol. The number of rotatable bonds is 5. The minimum atomic E-state index is 0.697. The van der Waals surface area contributed by atoms with Gasteiger partial charge in [0.1, 0.15) is 13.1 Å². The SMILES string of the molecule is COC(=Cc1oc2ccccc2[n+]1C)N(C)c1cccc(-c2cc3ccccc3s2)c1. The van der Waals surface area contributed by atoms with Gasteiger partial charge in [0.2, 0.25) is 11.5 Å². The lowest BCUT2D eigenvalue weighted by atomic mass is 10.1. The lowest BCUT2D eigenvalue weighted by Gasteiger charge is -2.21. The molecule has 2 heterocycles. The van der Waals surface area contributed by atoms with E-state index in [9.17, 15) is 0 Å². The summed E-state index contributed by atoms with van der Waals surface area (Å²) in [5, 5.41) is 1.27. The summed E-state index contributed by atoms with van der Waals surface area (Å²) in [7, 11) is 5.68. The maximum atomic E-state index is 6.03. The zero-order valence-corrected chi connectivity index (χ0v) is 18.5. The molecule has 3 aromatic carbocycles. The Bertz CT molecular complexity index is 1380. The monoisotopic (exact) mass is 427 g/mol. The van der Waals surface area contributed by atoms with Crippen molar-refractivity contribution >= 4 is 44.3 Å². The molecule has 2 aromatic heterocycles. The number of aromatic nitrogens is 1. The van der Waals surface area contributed by atoms with Crippen LogP contribution in [-0.4, -0.2) is 14.2 Å². The molecular weight excluding hydrogens is 404 g/mol.